The molecule has 0 aliphatic carbocycles. The van der Waals surface area contributed by atoms with Crippen molar-refractivity contribution in [3.05, 3.63) is 114 Å². The van der Waals surface area contributed by atoms with E-state index in [0.29, 0.717) is 24.8 Å². The van der Waals surface area contributed by atoms with Crippen LogP contribution in [-0.2, 0) is 32.5 Å². The van der Waals surface area contributed by atoms with Crippen LogP contribution in [0.4, 0.5) is 0 Å². The summed E-state index contributed by atoms with van der Waals surface area (Å²) in [6, 6.07) is 27.6. The Morgan fingerprint density at radius 2 is 1.00 bits per heavy atom. The highest BCUT2D eigenvalue weighted by Gasteiger charge is 2.19. The summed E-state index contributed by atoms with van der Waals surface area (Å²) < 4.78 is 51.2. The highest BCUT2D eigenvalue weighted by molar-refractivity contribution is 7.91. The smallest absolute Gasteiger partial charge is 0.206 e. The fourth-order valence-corrected chi connectivity index (χ4v) is 6.33. The van der Waals surface area contributed by atoms with E-state index in [9.17, 15) is 21.9 Å². The van der Waals surface area contributed by atoms with Crippen LogP contribution in [-0.4, -0.2) is 21.9 Å². The molecule has 0 atom stereocenters. The molecule has 0 bridgehead atoms. The zero-order valence-electron chi connectivity index (χ0n) is 18.3. The van der Waals surface area contributed by atoms with Crippen molar-refractivity contribution in [1.82, 2.24) is 0 Å². The van der Waals surface area contributed by atoms with Crippen molar-refractivity contribution in [2.75, 3.05) is 0 Å². The highest BCUT2D eigenvalue weighted by Crippen LogP contribution is 2.27. The monoisotopic (exact) mass is 492 g/mol. The molecule has 34 heavy (non-hydrogen) atoms. The molecule has 4 rings (SSSR count). The Morgan fingerprint density at radius 3 is 1.56 bits per heavy atom. The zero-order valence-corrected chi connectivity index (χ0v) is 20.0. The quantitative estimate of drug-likeness (QED) is 0.364. The summed E-state index contributed by atoms with van der Waals surface area (Å²) in [6.45, 7) is 0. The third-order valence-electron chi connectivity index (χ3n) is 5.61. The molecule has 0 saturated heterocycles. The molecule has 4 aromatic carbocycles. The number of sulfone groups is 2. The normalized spacial score (nSPS) is 11.9. The summed E-state index contributed by atoms with van der Waals surface area (Å²) in [5, 5.41) is 10.2. The van der Waals surface area contributed by atoms with Gasteiger partial charge in [-0.3, -0.25) is 0 Å². The fourth-order valence-electron chi connectivity index (χ4n) is 3.72. The summed E-state index contributed by atoms with van der Waals surface area (Å²) in [5.74, 6) is 0.0521. The maximum Gasteiger partial charge on any atom is 0.206 e. The molecule has 4 aromatic rings. The SMILES string of the molecule is O=S(=O)(c1ccccc1)c1ccc(CCCc2cc(S(=O)(=O)c3ccccc3)ccc2O)cc1. The summed E-state index contributed by atoms with van der Waals surface area (Å²) in [7, 11) is -7.22. The molecule has 0 aliphatic rings. The molecular weight excluding hydrogens is 468 g/mol. The van der Waals surface area contributed by atoms with Gasteiger partial charge in [0.25, 0.3) is 0 Å². The van der Waals surface area contributed by atoms with E-state index in [-0.39, 0.29) is 25.3 Å². The molecule has 0 spiro atoms. The Balaban J connectivity index is 1.44. The number of phenols is 1. The summed E-state index contributed by atoms with van der Waals surface area (Å²) in [6.07, 6.45) is 1.79. The first-order valence-electron chi connectivity index (χ1n) is 10.8. The predicted molar refractivity (Wildman–Crippen MR) is 130 cm³/mol. The van der Waals surface area contributed by atoms with Gasteiger partial charge in [-0.2, -0.15) is 0 Å². The number of hydrogen-bond acceptors (Lipinski definition) is 5. The second-order valence-corrected chi connectivity index (χ2v) is 11.8. The molecule has 0 radical (unpaired) electrons. The van der Waals surface area contributed by atoms with Crippen molar-refractivity contribution in [3.8, 4) is 5.75 Å². The molecule has 0 aliphatic heterocycles. The van der Waals surface area contributed by atoms with E-state index in [1.807, 2.05) is 0 Å². The van der Waals surface area contributed by atoms with E-state index in [4.69, 9.17) is 0 Å². The maximum absolute atomic E-state index is 12.9. The average Bonchev–Trinajstić information content (AvgIpc) is 2.86. The second-order valence-electron chi connectivity index (χ2n) is 7.92. The Bertz CT molecular complexity index is 1480. The van der Waals surface area contributed by atoms with Gasteiger partial charge >= 0.3 is 0 Å². The Kier molecular flexibility index (Phi) is 6.86. The van der Waals surface area contributed by atoms with Crippen molar-refractivity contribution >= 4 is 19.7 Å². The van der Waals surface area contributed by atoms with Crippen LogP contribution in [0.25, 0.3) is 0 Å². The first-order chi connectivity index (χ1) is 16.3. The zero-order chi connectivity index (χ0) is 24.2. The number of aromatic hydroxyl groups is 1. The number of hydrogen-bond donors (Lipinski definition) is 1. The van der Waals surface area contributed by atoms with Gasteiger partial charge in [0.2, 0.25) is 19.7 Å². The molecule has 0 fully saturated rings. The molecule has 0 saturated carbocycles. The minimum atomic E-state index is -3.67. The van der Waals surface area contributed by atoms with Crippen molar-refractivity contribution in [2.45, 2.75) is 38.8 Å². The van der Waals surface area contributed by atoms with E-state index in [2.05, 4.69) is 0 Å². The van der Waals surface area contributed by atoms with Gasteiger partial charge in [-0.25, -0.2) is 16.8 Å². The van der Waals surface area contributed by atoms with Gasteiger partial charge in [-0.05, 0) is 85.0 Å². The molecule has 7 heteroatoms. The molecule has 0 amide bonds. The minimum absolute atomic E-state index is 0.0521. The summed E-state index contributed by atoms with van der Waals surface area (Å²) in [4.78, 5) is 0.835. The lowest BCUT2D eigenvalue weighted by Gasteiger charge is -2.10. The van der Waals surface area contributed by atoms with Crippen molar-refractivity contribution in [2.24, 2.45) is 0 Å². The van der Waals surface area contributed by atoms with Crippen molar-refractivity contribution < 1.29 is 21.9 Å². The third kappa shape index (κ3) is 5.05. The first-order valence-corrected chi connectivity index (χ1v) is 13.8. The summed E-state index contributed by atoms with van der Waals surface area (Å²) >= 11 is 0. The molecule has 0 aromatic heterocycles. The standard InChI is InChI=1S/C27H24O5S2/c28-27-19-18-26(34(31,32)24-12-5-2-6-13-24)20-22(27)9-7-8-21-14-16-25(17-15-21)33(29,30)23-10-3-1-4-11-23/h1-6,10-20,28H,7-9H2. The van der Waals surface area contributed by atoms with Gasteiger partial charge in [-0.1, -0.05) is 48.5 Å². The Hall–Kier alpha value is -3.42. The molecule has 0 unspecified atom stereocenters. The van der Waals surface area contributed by atoms with Gasteiger partial charge in [0.05, 0.1) is 19.6 Å². The highest BCUT2D eigenvalue weighted by atomic mass is 32.2. The second kappa shape index (κ2) is 9.83. The van der Waals surface area contributed by atoms with Crippen LogP contribution >= 0.6 is 0 Å². The van der Waals surface area contributed by atoms with Crippen LogP contribution in [0, 0.1) is 0 Å². The van der Waals surface area contributed by atoms with Crippen LogP contribution in [0.15, 0.2) is 123 Å². The van der Waals surface area contributed by atoms with E-state index < -0.39 is 19.7 Å². The topological polar surface area (TPSA) is 88.5 Å². The van der Waals surface area contributed by atoms with Crippen molar-refractivity contribution in [3.63, 3.8) is 0 Å². The number of aryl methyl sites for hydroxylation is 2. The maximum atomic E-state index is 12.9. The number of rotatable bonds is 8. The van der Waals surface area contributed by atoms with Gasteiger partial charge in [0, 0.05) is 0 Å². The van der Waals surface area contributed by atoms with Crippen LogP contribution < -0.4 is 0 Å². The van der Waals surface area contributed by atoms with Crippen LogP contribution in [0.3, 0.4) is 0 Å². The molecule has 0 heterocycles. The van der Waals surface area contributed by atoms with Gasteiger partial charge in [0.1, 0.15) is 5.75 Å². The molecule has 5 nitrogen and oxygen atoms in total. The lowest BCUT2D eigenvalue weighted by molar-refractivity contribution is 0.466. The molecule has 1 N–H and O–H groups in total. The van der Waals surface area contributed by atoms with E-state index >= 15 is 0 Å². The van der Waals surface area contributed by atoms with E-state index in [1.165, 1.54) is 18.2 Å². The van der Waals surface area contributed by atoms with Crippen LogP contribution in [0.5, 0.6) is 5.75 Å². The van der Waals surface area contributed by atoms with Crippen LogP contribution in [0.1, 0.15) is 17.5 Å². The van der Waals surface area contributed by atoms with Gasteiger partial charge in [-0.15, -0.1) is 0 Å². The predicted octanol–water partition coefficient (Wildman–Crippen LogP) is 5.23. The largest absolute Gasteiger partial charge is 0.508 e. The molecule has 174 valence electrons. The first kappa shape index (κ1) is 23.7. The van der Waals surface area contributed by atoms with E-state index in [0.717, 1.165) is 5.56 Å². The lowest BCUT2D eigenvalue weighted by Crippen LogP contribution is -2.03. The van der Waals surface area contributed by atoms with E-state index in [1.54, 1.807) is 84.9 Å². The number of benzene rings is 4. The van der Waals surface area contributed by atoms with Gasteiger partial charge < -0.3 is 5.11 Å². The van der Waals surface area contributed by atoms with Crippen LogP contribution in [0.2, 0.25) is 0 Å². The van der Waals surface area contributed by atoms with Gasteiger partial charge in [0.15, 0.2) is 0 Å². The average molecular weight is 493 g/mol. The summed E-state index contributed by atoms with van der Waals surface area (Å²) in [5.41, 5.74) is 1.51. The minimum Gasteiger partial charge on any atom is -0.508 e. The number of phenolic OH excluding ortho intramolecular Hbond substituents is 1. The third-order valence-corrected chi connectivity index (χ3v) is 9.17. The molecular formula is C27H24O5S2. The van der Waals surface area contributed by atoms with Crippen molar-refractivity contribution in [1.29, 1.82) is 0 Å². The lowest BCUT2D eigenvalue weighted by atomic mass is 10.0. The Labute approximate surface area is 200 Å². The Morgan fingerprint density at radius 1 is 0.529 bits per heavy atom. The fraction of sp³-hybridized carbons (Fsp3) is 0.111.